The van der Waals surface area contributed by atoms with E-state index in [-0.39, 0.29) is 11.3 Å². The zero-order valence-electron chi connectivity index (χ0n) is 12.8. The minimum absolute atomic E-state index is 0.255. The van der Waals surface area contributed by atoms with Crippen molar-refractivity contribution in [2.45, 2.75) is 44.6 Å². The molecule has 0 heterocycles. The van der Waals surface area contributed by atoms with E-state index < -0.39 is 0 Å². The fraction of sp³-hybridized carbons (Fsp3) is 0.588. The van der Waals surface area contributed by atoms with Crippen LogP contribution in [0.4, 0.5) is 0 Å². The van der Waals surface area contributed by atoms with Gasteiger partial charge < -0.3 is 4.74 Å². The van der Waals surface area contributed by atoms with Gasteiger partial charge in [-0.25, -0.2) is 0 Å². The molecule has 1 aliphatic carbocycles. The molecule has 1 aliphatic rings. The quantitative estimate of drug-likeness (QED) is 0.770. The molecule has 0 radical (unpaired) electrons. The monoisotopic (exact) mass is 275 g/mol. The van der Waals surface area contributed by atoms with Crippen molar-refractivity contribution < 1.29 is 9.53 Å². The summed E-state index contributed by atoms with van der Waals surface area (Å²) in [6, 6.07) is 7.58. The van der Waals surface area contributed by atoms with Gasteiger partial charge in [-0.1, -0.05) is 19.3 Å². The maximum atomic E-state index is 12.9. The van der Waals surface area contributed by atoms with Crippen LogP contribution in [0.3, 0.4) is 0 Å². The van der Waals surface area contributed by atoms with Gasteiger partial charge in [-0.15, -0.1) is 0 Å². The number of ether oxygens (including phenoxy) is 1. The lowest BCUT2D eigenvalue weighted by Crippen LogP contribution is -2.52. The predicted octanol–water partition coefficient (Wildman–Crippen LogP) is 3.53. The molecule has 1 aromatic carbocycles. The molecular weight excluding hydrogens is 250 g/mol. The van der Waals surface area contributed by atoms with Crippen LogP contribution in [0.25, 0.3) is 0 Å². The average molecular weight is 275 g/mol. The highest BCUT2D eigenvalue weighted by Crippen LogP contribution is 2.35. The van der Waals surface area contributed by atoms with Crippen LogP contribution >= 0.6 is 0 Å². The summed E-state index contributed by atoms with van der Waals surface area (Å²) in [6.07, 6.45) is 5.45. The maximum Gasteiger partial charge on any atom is 0.183 e. The number of likely N-dealkylation sites (N-methyl/N-ethyl adjacent to an activating group) is 1. The van der Waals surface area contributed by atoms with Gasteiger partial charge in [0.25, 0.3) is 0 Å². The Bertz CT molecular complexity index is 445. The Kier molecular flexibility index (Phi) is 4.81. The fourth-order valence-electron chi connectivity index (χ4n) is 3.15. The van der Waals surface area contributed by atoms with E-state index in [0.717, 1.165) is 37.0 Å². The van der Waals surface area contributed by atoms with E-state index >= 15 is 0 Å². The van der Waals surface area contributed by atoms with E-state index in [1.165, 1.54) is 6.42 Å². The summed E-state index contributed by atoms with van der Waals surface area (Å²) in [5, 5.41) is 0. The first kappa shape index (κ1) is 15.0. The topological polar surface area (TPSA) is 29.5 Å². The number of hydrogen-bond acceptors (Lipinski definition) is 3. The highest BCUT2D eigenvalue weighted by molar-refractivity contribution is 6.03. The maximum absolute atomic E-state index is 12.9. The molecule has 0 N–H and O–H groups in total. The van der Waals surface area contributed by atoms with Gasteiger partial charge in [0.2, 0.25) is 0 Å². The van der Waals surface area contributed by atoms with Gasteiger partial charge in [0.05, 0.1) is 12.1 Å². The van der Waals surface area contributed by atoms with Gasteiger partial charge in [-0.05, 0) is 58.1 Å². The lowest BCUT2D eigenvalue weighted by Gasteiger charge is -2.41. The van der Waals surface area contributed by atoms with Crippen molar-refractivity contribution >= 4 is 5.78 Å². The molecule has 2 rings (SSSR count). The second-order valence-corrected chi connectivity index (χ2v) is 5.77. The third-order valence-corrected chi connectivity index (χ3v) is 4.39. The first-order valence-corrected chi connectivity index (χ1v) is 7.55. The fourth-order valence-corrected chi connectivity index (χ4v) is 3.15. The molecule has 0 amide bonds. The molecular formula is C17H25NO2. The highest BCUT2D eigenvalue weighted by atomic mass is 16.5. The molecule has 0 unspecified atom stereocenters. The molecule has 1 saturated carbocycles. The second-order valence-electron chi connectivity index (χ2n) is 5.77. The first-order valence-electron chi connectivity index (χ1n) is 7.55. The van der Waals surface area contributed by atoms with Crippen LogP contribution in [-0.2, 0) is 0 Å². The molecule has 3 heteroatoms. The third kappa shape index (κ3) is 2.88. The highest BCUT2D eigenvalue weighted by Gasteiger charge is 2.41. The summed E-state index contributed by atoms with van der Waals surface area (Å²) in [6.45, 7) is 2.61. The molecule has 0 spiro atoms. The molecule has 1 fully saturated rings. The number of hydrogen-bond donors (Lipinski definition) is 0. The molecule has 1 aromatic rings. The average Bonchev–Trinajstić information content (AvgIpc) is 2.48. The van der Waals surface area contributed by atoms with Crippen LogP contribution in [0.5, 0.6) is 5.75 Å². The Morgan fingerprint density at radius 3 is 2.25 bits per heavy atom. The number of benzene rings is 1. The lowest BCUT2D eigenvalue weighted by atomic mass is 9.75. The van der Waals surface area contributed by atoms with Crippen LogP contribution in [0.1, 0.15) is 49.4 Å². The van der Waals surface area contributed by atoms with Gasteiger partial charge in [0.1, 0.15) is 5.75 Å². The molecule has 110 valence electrons. The number of Topliss-reactive ketones (excluding diaryl/α,β-unsaturated/α-hetero) is 1. The van der Waals surface area contributed by atoms with Crippen LogP contribution in [-0.4, -0.2) is 36.9 Å². The van der Waals surface area contributed by atoms with Crippen molar-refractivity contribution in [2.75, 3.05) is 20.7 Å². The zero-order chi connectivity index (χ0) is 14.6. The molecule has 0 bridgehead atoms. The molecule has 0 atom stereocenters. The Morgan fingerprint density at radius 2 is 1.75 bits per heavy atom. The van der Waals surface area contributed by atoms with E-state index in [2.05, 4.69) is 4.90 Å². The summed E-state index contributed by atoms with van der Waals surface area (Å²) >= 11 is 0. The van der Waals surface area contributed by atoms with E-state index in [1.54, 1.807) is 0 Å². The SMILES string of the molecule is CCOc1ccc(C(=O)C2(N(C)C)CCCCC2)cc1. The van der Waals surface area contributed by atoms with Crippen LogP contribution in [0.2, 0.25) is 0 Å². The smallest absolute Gasteiger partial charge is 0.183 e. The van der Waals surface area contributed by atoms with Gasteiger partial charge in [-0.2, -0.15) is 0 Å². The third-order valence-electron chi connectivity index (χ3n) is 4.39. The minimum atomic E-state index is -0.314. The summed E-state index contributed by atoms with van der Waals surface area (Å²) in [5.41, 5.74) is 0.481. The number of carbonyl (C=O) groups excluding carboxylic acids is 1. The zero-order valence-corrected chi connectivity index (χ0v) is 12.8. The Hall–Kier alpha value is -1.35. The van der Waals surface area contributed by atoms with E-state index in [0.29, 0.717) is 6.61 Å². The largest absolute Gasteiger partial charge is 0.494 e. The van der Waals surface area contributed by atoms with E-state index in [4.69, 9.17) is 4.74 Å². The number of ketones is 1. The van der Waals surface area contributed by atoms with Gasteiger partial charge in [0.15, 0.2) is 5.78 Å². The van der Waals surface area contributed by atoms with Crippen molar-refractivity contribution in [2.24, 2.45) is 0 Å². The van der Waals surface area contributed by atoms with Crippen molar-refractivity contribution in [1.29, 1.82) is 0 Å². The van der Waals surface area contributed by atoms with Crippen LogP contribution in [0.15, 0.2) is 24.3 Å². The van der Waals surface area contributed by atoms with Gasteiger partial charge in [-0.3, -0.25) is 9.69 Å². The molecule has 0 aliphatic heterocycles. The second kappa shape index (κ2) is 6.40. The summed E-state index contributed by atoms with van der Waals surface area (Å²) in [5.74, 6) is 1.08. The Labute approximate surface area is 121 Å². The van der Waals surface area contributed by atoms with Crippen LogP contribution < -0.4 is 4.74 Å². The molecule has 0 saturated heterocycles. The summed E-state index contributed by atoms with van der Waals surface area (Å²) in [7, 11) is 4.05. The molecule has 3 nitrogen and oxygen atoms in total. The summed E-state index contributed by atoms with van der Waals surface area (Å²) in [4.78, 5) is 15.1. The van der Waals surface area contributed by atoms with Crippen molar-refractivity contribution in [3.8, 4) is 5.75 Å². The van der Waals surface area contributed by atoms with E-state index in [1.807, 2.05) is 45.3 Å². The molecule has 0 aromatic heterocycles. The normalized spacial score (nSPS) is 18.0. The van der Waals surface area contributed by atoms with E-state index in [9.17, 15) is 4.79 Å². The number of rotatable bonds is 5. The van der Waals surface area contributed by atoms with Crippen molar-refractivity contribution in [1.82, 2.24) is 4.90 Å². The summed E-state index contributed by atoms with van der Waals surface area (Å²) < 4.78 is 5.44. The van der Waals surface area contributed by atoms with Crippen molar-refractivity contribution in [3.63, 3.8) is 0 Å². The van der Waals surface area contributed by atoms with Crippen LogP contribution in [0, 0.1) is 0 Å². The van der Waals surface area contributed by atoms with Gasteiger partial charge >= 0.3 is 0 Å². The lowest BCUT2D eigenvalue weighted by molar-refractivity contribution is 0.0564. The number of nitrogens with zero attached hydrogens (tertiary/aromatic N) is 1. The standard InChI is InChI=1S/C17H25NO2/c1-4-20-15-10-8-14(9-11-15)16(19)17(18(2)3)12-6-5-7-13-17/h8-11H,4-7,12-13H2,1-3H3. The first-order chi connectivity index (χ1) is 9.60. The Morgan fingerprint density at radius 1 is 1.15 bits per heavy atom. The predicted molar refractivity (Wildman–Crippen MR) is 81.4 cm³/mol. The van der Waals surface area contributed by atoms with Crippen molar-refractivity contribution in [3.05, 3.63) is 29.8 Å². The Balaban J connectivity index is 2.23. The minimum Gasteiger partial charge on any atom is -0.494 e. The molecule has 20 heavy (non-hydrogen) atoms. The number of carbonyl (C=O) groups is 1. The van der Waals surface area contributed by atoms with Gasteiger partial charge in [0, 0.05) is 5.56 Å².